The molecular weight excluding hydrogens is 317 g/mol. The van der Waals surface area contributed by atoms with E-state index < -0.39 is 0 Å². The zero-order valence-corrected chi connectivity index (χ0v) is 13.9. The Morgan fingerprint density at radius 2 is 1.91 bits per heavy atom. The molecule has 0 saturated carbocycles. The van der Waals surface area contributed by atoms with Crippen molar-refractivity contribution in [2.75, 3.05) is 5.32 Å². The molecule has 0 unspecified atom stereocenters. The summed E-state index contributed by atoms with van der Waals surface area (Å²) >= 11 is 6.03. The minimum atomic E-state index is -0.254. The predicted molar refractivity (Wildman–Crippen MR) is 89.1 cm³/mol. The van der Waals surface area contributed by atoms with Crippen molar-refractivity contribution in [2.45, 2.75) is 26.3 Å². The second-order valence-corrected chi connectivity index (χ2v) is 6.02. The van der Waals surface area contributed by atoms with Crippen molar-refractivity contribution in [3.05, 3.63) is 46.6 Å². The van der Waals surface area contributed by atoms with Crippen molar-refractivity contribution in [3.8, 4) is 0 Å². The van der Waals surface area contributed by atoms with E-state index in [0.717, 1.165) is 16.6 Å². The van der Waals surface area contributed by atoms with Gasteiger partial charge < -0.3 is 5.32 Å². The molecular formula is C16H17ClFN5. The molecule has 2 heterocycles. The van der Waals surface area contributed by atoms with Gasteiger partial charge in [-0.1, -0.05) is 26.0 Å². The lowest BCUT2D eigenvalue weighted by molar-refractivity contribution is 0.627. The molecule has 0 aliphatic rings. The molecule has 0 amide bonds. The first kappa shape index (κ1) is 15.7. The van der Waals surface area contributed by atoms with E-state index in [4.69, 9.17) is 11.6 Å². The van der Waals surface area contributed by atoms with Crippen LogP contribution in [0.5, 0.6) is 0 Å². The quantitative estimate of drug-likeness (QED) is 0.736. The van der Waals surface area contributed by atoms with Crippen LogP contribution in [0.25, 0.3) is 11.0 Å². The summed E-state index contributed by atoms with van der Waals surface area (Å²) in [5, 5.41) is 8.82. The van der Waals surface area contributed by atoms with Gasteiger partial charge in [-0.05, 0) is 35.2 Å². The van der Waals surface area contributed by atoms with Crippen molar-refractivity contribution < 1.29 is 4.39 Å². The number of anilines is 1. The minimum Gasteiger partial charge on any atom is -0.365 e. The zero-order valence-electron chi connectivity index (χ0n) is 13.1. The molecule has 0 radical (unpaired) electrons. The van der Waals surface area contributed by atoms with Crippen LogP contribution < -0.4 is 5.32 Å². The van der Waals surface area contributed by atoms with Gasteiger partial charge in [-0.25, -0.2) is 9.07 Å². The van der Waals surface area contributed by atoms with Crippen LogP contribution >= 0.6 is 11.6 Å². The summed E-state index contributed by atoms with van der Waals surface area (Å²) in [4.78, 5) is 8.58. The van der Waals surface area contributed by atoms with Crippen molar-refractivity contribution in [2.24, 2.45) is 7.05 Å². The molecule has 120 valence electrons. The SMILES string of the molecule is CC(C)c1nn(C)c2nc(Cl)nc(NCc3ccc(F)cc3)c12. The third kappa shape index (κ3) is 3.12. The molecule has 7 heteroatoms. The first-order valence-corrected chi connectivity index (χ1v) is 7.72. The molecule has 1 aromatic carbocycles. The highest BCUT2D eigenvalue weighted by Gasteiger charge is 2.18. The van der Waals surface area contributed by atoms with Crippen LogP contribution in [-0.2, 0) is 13.6 Å². The first-order valence-electron chi connectivity index (χ1n) is 7.34. The van der Waals surface area contributed by atoms with Crippen molar-refractivity contribution in [1.29, 1.82) is 0 Å². The number of aryl methyl sites for hydroxylation is 1. The van der Waals surface area contributed by atoms with Gasteiger partial charge in [0.25, 0.3) is 0 Å². The van der Waals surface area contributed by atoms with E-state index in [0.29, 0.717) is 18.0 Å². The van der Waals surface area contributed by atoms with Crippen LogP contribution in [0.3, 0.4) is 0 Å². The summed E-state index contributed by atoms with van der Waals surface area (Å²) in [5.41, 5.74) is 2.56. The van der Waals surface area contributed by atoms with Gasteiger partial charge in [0.05, 0.1) is 11.1 Å². The average Bonchev–Trinajstić information content (AvgIpc) is 2.84. The molecule has 2 aromatic heterocycles. The van der Waals surface area contributed by atoms with Crippen LogP contribution in [0.1, 0.15) is 31.0 Å². The summed E-state index contributed by atoms with van der Waals surface area (Å²) in [6.07, 6.45) is 0. The maximum atomic E-state index is 13.0. The van der Waals surface area contributed by atoms with E-state index in [9.17, 15) is 4.39 Å². The number of hydrogen-bond acceptors (Lipinski definition) is 4. The summed E-state index contributed by atoms with van der Waals surface area (Å²) < 4.78 is 14.7. The molecule has 5 nitrogen and oxygen atoms in total. The Morgan fingerprint density at radius 1 is 1.22 bits per heavy atom. The molecule has 23 heavy (non-hydrogen) atoms. The van der Waals surface area contributed by atoms with Gasteiger partial charge in [-0.15, -0.1) is 0 Å². The van der Waals surface area contributed by atoms with Gasteiger partial charge in [0.1, 0.15) is 11.6 Å². The van der Waals surface area contributed by atoms with Crippen LogP contribution in [0.2, 0.25) is 5.28 Å². The topological polar surface area (TPSA) is 55.6 Å². The van der Waals surface area contributed by atoms with Crippen molar-refractivity contribution in [3.63, 3.8) is 0 Å². The summed E-state index contributed by atoms with van der Waals surface area (Å²) in [6.45, 7) is 4.65. The lowest BCUT2D eigenvalue weighted by Gasteiger charge is -2.09. The normalized spacial score (nSPS) is 11.4. The molecule has 0 atom stereocenters. The van der Waals surface area contributed by atoms with Crippen LogP contribution in [0.15, 0.2) is 24.3 Å². The zero-order chi connectivity index (χ0) is 16.6. The van der Waals surface area contributed by atoms with E-state index in [1.54, 1.807) is 16.8 Å². The van der Waals surface area contributed by atoms with E-state index in [1.807, 2.05) is 7.05 Å². The summed E-state index contributed by atoms with van der Waals surface area (Å²) in [5.74, 6) is 0.617. The maximum Gasteiger partial charge on any atom is 0.226 e. The Labute approximate surface area is 138 Å². The Bertz CT molecular complexity index is 842. The van der Waals surface area contributed by atoms with Gasteiger partial charge in [0.2, 0.25) is 5.28 Å². The highest BCUT2D eigenvalue weighted by atomic mass is 35.5. The number of halogens is 2. The fraction of sp³-hybridized carbons (Fsp3) is 0.312. The highest BCUT2D eigenvalue weighted by molar-refractivity contribution is 6.28. The standard InChI is InChI=1S/C16H17ClFN5/c1-9(2)13-12-14(19-8-10-4-6-11(18)7-5-10)20-16(17)21-15(12)23(3)22-13/h4-7,9H,8H2,1-3H3,(H,19,20,21). The lowest BCUT2D eigenvalue weighted by atomic mass is 10.1. The number of nitrogens with zero attached hydrogens (tertiary/aromatic N) is 4. The molecule has 1 N–H and O–H groups in total. The van der Waals surface area contributed by atoms with Gasteiger partial charge in [-0.2, -0.15) is 15.1 Å². The molecule has 3 rings (SSSR count). The predicted octanol–water partition coefficient (Wildman–Crippen LogP) is 3.89. The number of rotatable bonds is 4. The average molecular weight is 334 g/mol. The Balaban J connectivity index is 2.00. The Hall–Kier alpha value is -2.21. The van der Waals surface area contributed by atoms with Gasteiger partial charge in [0.15, 0.2) is 5.65 Å². The molecule has 0 fully saturated rings. The smallest absolute Gasteiger partial charge is 0.226 e. The summed E-state index contributed by atoms with van der Waals surface area (Å²) in [7, 11) is 1.83. The third-order valence-electron chi connectivity index (χ3n) is 3.60. The fourth-order valence-electron chi connectivity index (χ4n) is 2.47. The van der Waals surface area contributed by atoms with Gasteiger partial charge >= 0.3 is 0 Å². The number of hydrogen-bond donors (Lipinski definition) is 1. The minimum absolute atomic E-state index is 0.164. The van der Waals surface area contributed by atoms with Crippen LogP contribution in [0, 0.1) is 5.82 Å². The van der Waals surface area contributed by atoms with Crippen LogP contribution in [0.4, 0.5) is 10.2 Å². The largest absolute Gasteiger partial charge is 0.365 e. The monoisotopic (exact) mass is 333 g/mol. The molecule has 0 aliphatic carbocycles. The van der Waals surface area contributed by atoms with Crippen molar-refractivity contribution >= 4 is 28.5 Å². The van der Waals surface area contributed by atoms with E-state index in [1.165, 1.54) is 12.1 Å². The Morgan fingerprint density at radius 3 is 2.57 bits per heavy atom. The van der Waals surface area contributed by atoms with E-state index in [2.05, 4.69) is 34.2 Å². The molecule has 3 aromatic rings. The highest BCUT2D eigenvalue weighted by Crippen LogP contribution is 2.30. The molecule has 0 spiro atoms. The first-order chi connectivity index (χ1) is 11.0. The maximum absolute atomic E-state index is 13.0. The number of nitrogens with one attached hydrogen (secondary N) is 1. The second-order valence-electron chi connectivity index (χ2n) is 5.68. The second kappa shape index (κ2) is 6.12. The fourth-order valence-corrected chi connectivity index (χ4v) is 2.64. The van der Waals surface area contributed by atoms with Gasteiger partial charge in [0, 0.05) is 13.6 Å². The molecule has 0 bridgehead atoms. The Kier molecular flexibility index (Phi) is 4.17. The molecule has 0 aliphatic heterocycles. The van der Waals surface area contributed by atoms with E-state index >= 15 is 0 Å². The van der Waals surface area contributed by atoms with Crippen molar-refractivity contribution in [1.82, 2.24) is 19.7 Å². The van der Waals surface area contributed by atoms with Gasteiger partial charge in [-0.3, -0.25) is 0 Å². The van der Waals surface area contributed by atoms with E-state index in [-0.39, 0.29) is 17.0 Å². The number of fused-ring (bicyclic) bond motifs is 1. The summed E-state index contributed by atoms with van der Waals surface area (Å²) in [6, 6.07) is 6.33. The molecule has 0 saturated heterocycles. The lowest BCUT2D eigenvalue weighted by Crippen LogP contribution is -2.04. The third-order valence-corrected chi connectivity index (χ3v) is 3.77. The van der Waals surface area contributed by atoms with Crippen LogP contribution in [-0.4, -0.2) is 19.7 Å². The number of aromatic nitrogens is 4. The number of benzene rings is 1.